The largest absolute Gasteiger partial charge is 0.508 e. The van der Waals surface area contributed by atoms with Crippen LogP contribution in [0.15, 0.2) is 107 Å². The first-order valence-electron chi connectivity index (χ1n) is 15.7. The Balaban J connectivity index is 0.942. The smallest absolute Gasteiger partial charge is 0.115 e. The standard InChI is InChI=1S/C38H46O2S3/c39-35-17-21-37(22-18-35)42-29-25-33-13-9-31(10-14-33)7-3-1-5-27-41-28-6-2-4-8-32-11-15-34(16-12-32)26-30-43-38-23-19-36(40)20-24-38/h9-24,39-40H,1-8,25-30H2. The molecule has 2 N–H and O–H groups in total. The van der Waals surface area contributed by atoms with Gasteiger partial charge in [-0.15, -0.1) is 23.5 Å². The van der Waals surface area contributed by atoms with E-state index in [-0.39, 0.29) is 0 Å². The highest BCUT2D eigenvalue weighted by molar-refractivity contribution is 7.99. The Kier molecular flexibility index (Phi) is 15.3. The zero-order valence-corrected chi connectivity index (χ0v) is 27.7. The average molecular weight is 631 g/mol. The number of benzene rings is 4. The Hall–Kier alpha value is -2.47. The third-order valence-electron chi connectivity index (χ3n) is 7.55. The lowest BCUT2D eigenvalue weighted by atomic mass is 10.0. The maximum Gasteiger partial charge on any atom is 0.115 e. The van der Waals surface area contributed by atoms with Gasteiger partial charge in [0.1, 0.15) is 11.5 Å². The van der Waals surface area contributed by atoms with Gasteiger partial charge < -0.3 is 10.2 Å². The molecular weight excluding hydrogens is 585 g/mol. The van der Waals surface area contributed by atoms with Crippen molar-refractivity contribution in [1.82, 2.24) is 0 Å². The van der Waals surface area contributed by atoms with E-state index >= 15 is 0 Å². The summed E-state index contributed by atoms with van der Waals surface area (Å²) in [5.41, 5.74) is 5.72. The van der Waals surface area contributed by atoms with Crippen LogP contribution in [-0.2, 0) is 25.7 Å². The molecule has 4 aromatic rings. The Morgan fingerprint density at radius 3 is 1.07 bits per heavy atom. The molecule has 2 nitrogen and oxygen atoms in total. The number of rotatable bonds is 20. The molecule has 0 aromatic heterocycles. The summed E-state index contributed by atoms with van der Waals surface area (Å²) in [6, 6.07) is 33.3. The van der Waals surface area contributed by atoms with E-state index in [0.29, 0.717) is 11.5 Å². The third-order valence-corrected chi connectivity index (χ3v) is 10.7. The van der Waals surface area contributed by atoms with Crippen LogP contribution in [0.3, 0.4) is 0 Å². The Morgan fingerprint density at radius 2 is 0.698 bits per heavy atom. The average Bonchev–Trinajstić information content (AvgIpc) is 3.03. The highest BCUT2D eigenvalue weighted by atomic mass is 32.2. The molecule has 0 atom stereocenters. The predicted octanol–water partition coefficient (Wildman–Crippen LogP) is 10.6. The van der Waals surface area contributed by atoms with Gasteiger partial charge in [-0.25, -0.2) is 0 Å². The van der Waals surface area contributed by atoms with Crippen molar-refractivity contribution in [3.8, 4) is 11.5 Å². The molecule has 0 bridgehead atoms. The molecule has 0 heterocycles. The number of hydrogen-bond donors (Lipinski definition) is 2. The summed E-state index contributed by atoms with van der Waals surface area (Å²) in [5, 5.41) is 18.8. The zero-order chi connectivity index (χ0) is 30.0. The van der Waals surface area contributed by atoms with Crippen molar-refractivity contribution < 1.29 is 10.2 Å². The molecule has 5 heteroatoms. The maximum absolute atomic E-state index is 9.40. The Labute approximate surface area is 272 Å². The van der Waals surface area contributed by atoms with E-state index < -0.39 is 0 Å². The summed E-state index contributed by atoms with van der Waals surface area (Å²) in [5.74, 6) is 5.36. The molecule has 43 heavy (non-hydrogen) atoms. The number of aryl methyl sites for hydroxylation is 4. The van der Waals surface area contributed by atoms with Crippen molar-refractivity contribution in [2.75, 3.05) is 23.0 Å². The number of phenolic OH excluding ortho intramolecular Hbond substituents is 2. The van der Waals surface area contributed by atoms with Crippen LogP contribution in [-0.4, -0.2) is 33.2 Å². The fourth-order valence-corrected chi connectivity index (χ4v) is 7.75. The van der Waals surface area contributed by atoms with E-state index in [1.165, 1.54) is 94.9 Å². The molecule has 0 saturated heterocycles. The normalized spacial score (nSPS) is 11.2. The van der Waals surface area contributed by atoms with Crippen LogP contribution in [0, 0.1) is 0 Å². The second kappa shape index (κ2) is 19.7. The minimum Gasteiger partial charge on any atom is -0.508 e. The number of aromatic hydroxyl groups is 2. The van der Waals surface area contributed by atoms with Gasteiger partial charge in [0.05, 0.1) is 0 Å². The van der Waals surface area contributed by atoms with Gasteiger partial charge in [0.2, 0.25) is 0 Å². The van der Waals surface area contributed by atoms with E-state index in [1.807, 2.05) is 47.8 Å². The molecule has 0 aliphatic rings. The van der Waals surface area contributed by atoms with Gasteiger partial charge in [-0.3, -0.25) is 0 Å². The Morgan fingerprint density at radius 1 is 0.349 bits per heavy atom. The lowest BCUT2D eigenvalue weighted by Crippen LogP contribution is -1.92. The second-order valence-corrected chi connectivity index (χ2v) is 14.6. The van der Waals surface area contributed by atoms with Gasteiger partial charge in [0, 0.05) is 21.3 Å². The third kappa shape index (κ3) is 13.8. The van der Waals surface area contributed by atoms with Gasteiger partial charge in [-0.2, -0.15) is 11.8 Å². The van der Waals surface area contributed by atoms with Gasteiger partial charge in [-0.1, -0.05) is 61.4 Å². The van der Waals surface area contributed by atoms with Crippen LogP contribution in [0.4, 0.5) is 0 Å². The molecule has 4 aromatic carbocycles. The van der Waals surface area contributed by atoms with Crippen LogP contribution in [0.1, 0.15) is 60.8 Å². The highest BCUT2D eigenvalue weighted by Gasteiger charge is 2.01. The van der Waals surface area contributed by atoms with Crippen molar-refractivity contribution >= 4 is 35.3 Å². The van der Waals surface area contributed by atoms with E-state index in [2.05, 4.69) is 60.3 Å². The molecule has 0 unspecified atom stereocenters. The summed E-state index contributed by atoms with van der Waals surface area (Å²) in [7, 11) is 0. The lowest BCUT2D eigenvalue weighted by Gasteiger charge is -2.06. The van der Waals surface area contributed by atoms with Crippen molar-refractivity contribution in [2.24, 2.45) is 0 Å². The molecular formula is C38H46O2S3. The van der Waals surface area contributed by atoms with E-state index in [1.54, 1.807) is 24.3 Å². The number of hydrogen-bond acceptors (Lipinski definition) is 5. The first-order chi connectivity index (χ1) is 21.1. The van der Waals surface area contributed by atoms with Crippen molar-refractivity contribution in [3.05, 3.63) is 119 Å². The van der Waals surface area contributed by atoms with Crippen LogP contribution < -0.4 is 0 Å². The number of phenols is 2. The fourth-order valence-electron chi connectivity index (χ4n) is 4.93. The minimum atomic E-state index is 0.328. The van der Waals surface area contributed by atoms with Crippen LogP contribution in [0.5, 0.6) is 11.5 Å². The number of unbranched alkanes of at least 4 members (excludes halogenated alkanes) is 4. The first-order valence-corrected chi connectivity index (χ1v) is 18.8. The predicted molar refractivity (Wildman–Crippen MR) is 190 cm³/mol. The minimum absolute atomic E-state index is 0.328. The molecule has 0 aliphatic heterocycles. The van der Waals surface area contributed by atoms with Gasteiger partial charge in [0.25, 0.3) is 0 Å². The summed E-state index contributed by atoms with van der Waals surface area (Å²) in [6.45, 7) is 0. The quantitative estimate of drug-likeness (QED) is 0.0751. The van der Waals surface area contributed by atoms with E-state index in [9.17, 15) is 10.2 Å². The summed E-state index contributed by atoms with van der Waals surface area (Å²) >= 11 is 5.81. The van der Waals surface area contributed by atoms with E-state index in [0.717, 1.165) is 24.3 Å². The summed E-state index contributed by atoms with van der Waals surface area (Å²) in [4.78, 5) is 2.42. The van der Waals surface area contributed by atoms with Crippen molar-refractivity contribution in [1.29, 1.82) is 0 Å². The second-order valence-electron chi connectivity index (χ2n) is 11.1. The van der Waals surface area contributed by atoms with Crippen LogP contribution >= 0.6 is 35.3 Å². The summed E-state index contributed by atoms with van der Waals surface area (Å²) < 4.78 is 0. The lowest BCUT2D eigenvalue weighted by molar-refractivity contribution is 0.474. The highest BCUT2D eigenvalue weighted by Crippen LogP contribution is 2.23. The molecule has 4 rings (SSSR count). The molecule has 228 valence electrons. The molecule has 0 radical (unpaired) electrons. The van der Waals surface area contributed by atoms with Crippen molar-refractivity contribution in [2.45, 2.75) is 74.0 Å². The van der Waals surface area contributed by atoms with Gasteiger partial charge in [-0.05, 0) is 134 Å². The van der Waals surface area contributed by atoms with Crippen LogP contribution in [0.2, 0.25) is 0 Å². The maximum atomic E-state index is 9.40. The number of thioether (sulfide) groups is 3. The molecule has 0 spiro atoms. The Bertz CT molecular complexity index is 1180. The first kappa shape index (κ1) is 33.4. The molecule has 0 saturated carbocycles. The zero-order valence-electron chi connectivity index (χ0n) is 25.3. The summed E-state index contributed by atoms with van der Waals surface area (Å²) in [6.07, 6.45) is 12.4. The molecule has 0 aliphatic carbocycles. The molecule has 0 amide bonds. The fraction of sp³-hybridized carbons (Fsp3) is 0.368. The monoisotopic (exact) mass is 630 g/mol. The van der Waals surface area contributed by atoms with Gasteiger partial charge in [0.15, 0.2) is 0 Å². The van der Waals surface area contributed by atoms with Gasteiger partial charge >= 0.3 is 0 Å². The van der Waals surface area contributed by atoms with Crippen molar-refractivity contribution in [3.63, 3.8) is 0 Å². The topological polar surface area (TPSA) is 40.5 Å². The molecule has 0 fully saturated rings. The van der Waals surface area contributed by atoms with E-state index in [4.69, 9.17) is 0 Å². The van der Waals surface area contributed by atoms with Crippen LogP contribution in [0.25, 0.3) is 0 Å². The SMILES string of the molecule is Oc1ccc(SCCc2ccc(CCCCCSCCCCCc3ccc(CCSc4ccc(O)cc4)cc3)cc2)cc1.